The Hall–Kier alpha value is -1.90. The second-order valence-corrected chi connectivity index (χ2v) is 3.03. The van der Waals surface area contributed by atoms with Crippen molar-refractivity contribution in [3.8, 4) is 0 Å². The maximum atomic E-state index is 4.24. The monoisotopic (exact) mass is 185 g/mol. The average molecular weight is 185 g/mol. The zero-order valence-electron chi connectivity index (χ0n) is 7.96. The van der Waals surface area contributed by atoms with Crippen molar-refractivity contribution in [2.24, 2.45) is 7.05 Å². The van der Waals surface area contributed by atoms with Gasteiger partial charge in [0.15, 0.2) is 0 Å². The largest absolute Gasteiger partial charge is 0.275 e. The molecule has 0 fully saturated rings. The Morgan fingerprint density at radius 1 is 1.29 bits per heavy atom. The summed E-state index contributed by atoms with van der Waals surface area (Å²) in [5.41, 5.74) is 2.04. The molecule has 0 bridgehead atoms. The molecule has 0 amide bonds. The van der Waals surface area contributed by atoms with Gasteiger partial charge in [-0.05, 0) is 23.8 Å². The normalized spacial score (nSPS) is 10.9. The molecule has 2 aromatic heterocycles. The third-order valence-electron chi connectivity index (χ3n) is 1.87. The van der Waals surface area contributed by atoms with Crippen LogP contribution < -0.4 is 0 Å². The summed E-state index contributed by atoms with van der Waals surface area (Å²) in [5.74, 6) is 0. The highest BCUT2D eigenvalue weighted by Crippen LogP contribution is 2.04. The number of aryl methyl sites for hydroxylation is 1. The number of hydrogen-bond donors (Lipinski definition) is 0. The minimum absolute atomic E-state index is 0.955. The first kappa shape index (κ1) is 8.69. The van der Waals surface area contributed by atoms with Gasteiger partial charge in [-0.1, -0.05) is 12.1 Å². The lowest BCUT2D eigenvalue weighted by Crippen LogP contribution is -1.86. The summed E-state index contributed by atoms with van der Waals surface area (Å²) in [5, 5.41) is 4.24. The van der Waals surface area contributed by atoms with E-state index in [-0.39, 0.29) is 0 Å². The zero-order chi connectivity index (χ0) is 9.80. The quantitative estimate of drug-likeness (QED) is 0.716. The van der Waals surface area contributed by atoms with Crippen LogP contribution in [0.4, 0.5) is 0 Å². The maximum Gasteiger partial charge on any atom is 0.0850 e. The van der Waals surface area contributed by atoms with Crippen molar-refractivity contribution in [3.05, 3.63) is 48.0 Å². The predicted molar refractivity (Wildman–Crippen MR) is 56.4 cm³/mol. The first-order valence-electron chi connectivity index (χ1n) is 4.42. The number of pyridine rings is 1. The first-order chi connectivity index (χ1) is 6.84. The van der Waals surface area contributed by atoms with E-state index in [1.807, 2.05) is 49.8 Å². The molecule has 2 rings (SSSR count). The van der Waals surface area contributed by atoms with E-state index in [0.29, 0.717) is 0 Å². The van der Waals surface area contributed by atoms with Gasteiger partial charge in [-0.15, -0.1) is 0 Å². The van der Waals surface area contributed by atoms with E-state index in [2.05, 4.69) is 10.1 Å². The molecule has 14 heavy (non-hydrogen) atoms. The Morgan fingerprint density at radius 2 is 2.21 bits per heavy atom. The lowest BCUT2D eigenvalue weighted by Gasteiger charge is -1.89. The van der Waals surface area contributed by atoms with Gasteiger partial charge in [0.05, 0.1) is 5.69 Å². The summed E-state index contributed by atoms with van der Waals surface area (Å²) in [6.07, 6.45) is 9.47. The highest BCUT2D eigenvalue weighted by Gasteiger charge is 1.90. The summed E-state index contributed by atoms with van der Waals surface area (Å²) in [7, 11) is 1.90. The molecule has 0 aliphatic carbocycles. The Balaban J connectivity index is 2.15. The third kappa shape index (κ3) is 2.07. The van der Waals surface area contributed by atoms with Crippen LogP contribution in [-0.2, 0) is 7.05 Å². The van der Waals surface area contributed by atoms with Crippen molar-refractivity contribution in [2.75, 3.05) is 0 Å². The average Bonchev–Trinajstić information content (AvgIpc) is 2.63. The summed E-state index contributed by atoms with van der Waals surface area (Å²) < 4.78 is 1.78. The first-order valence-corrected chi connectivity index (χ1v) is 4.42. The summed E-state index contributed by atoms with van der Waals surface area (Å²) in [6, 6.07) is 5.89. The van der Waals surface area contributed by atoms with E-state index >= 15 is 0 Å². The van der Waals surface area contributed by atoms with Gasteiger partial charge < -0.3 is 0 Å². The number of hydrogen-bond acceptors (Lipinski definition) is 2. The second kappa shape index (κ2) is 3.87. The van der Waals surface area contributed by atoms with Crippen LogP contribution in [0.1, 0.15) is 11.3 Å². The Labute approximate surface area is 82.7 Å². The molecule has 3 nitrogen and oxygen atoms in total. The topological polar surface area (TPSA) is 30.7 Å². The molecule has 0 spiro atoms. The molecule has 2 aromatic rings. The molecule has 0 atom stereocenters. The molecular weight excluding hydrogens is 174 g/mol. The molecular formula is C11H11N3. The van der Waals surface area contributed by atoms with Crippen LogP contribution in [0.2, 0.25) is 0 Å². The minimum atomic E-state index is 0.955. The Morgan fingerprint density at radius 3 is 2.86 bits per heavy atom. The molecule has 0 saturated heterocycles. The van der Waals surface area contributed by atoms with E-state index in [9.17, 15) is 0 Å². The molecule has 0 aliphatic heterocycles. The van der Waals surface area contributed by atoms with Gasteiger partial charge in [-0.3, -0.25) is 9.67 Å². The fraction of sp³-hybridized carbons (Fsp3) is 0.0909. The van der Waals surface area contributed by atoms with Crippen molar-refractivity contribution in [1.29, 1.82) is 0 Å². The van der Waals surface area contributed by atoms with Gasteiger partial charge in [-0.2, -0.15) is 5.10 Å². The van der Waals surface area contributed by atoms with Gasteiger partial charge in [0.2, 0.25) is 0 Å². The number of rotatable bonds is 2. The lowest BCUT2D eigenvalue weighted by molar-refractivity contribution is 0.765. The third-order valence-corrected chi connectivity index (χ3v) is 1.87. The van der Waals surface area contributed by atoms with Crippen LogP contribution in [0.15, 0.2) is 36.8 Å². The minimum Gasteiger partial charge on any atom is -0.275 e. The summed E-state index contributed by atoms with van der Waals surface area (Å²) in [4.78, 5) is 4.03. The summed E-state index contributed by atoms with van der Waals surface area (Å²) >= 11 is 0. The van der Waals surface area contributed by atoms with Gasteiger partial charge in [0.25, 0.3) is 0 Å². The molecule has 3 heteroatoms. The molecule has 0 saturated carbocycles. The van der Waals surface area contributed by atoms with Crippen molar-refractivity contribution in [2.45, 2.75) is 0 Å². The van der Waals surface area contributed by atoms with Crippen LogP contribution in [-0.4, -0.2) is 14.8 Å². The van der Waals surface area contributed by atoms with Crippen LogP contribution in [0, 0.1) is 0 Å². The van der Waals surface area contributed by atoms with E-state index in [1.165, 1.54) is 0 Å². The molecule has 0 N–H and O–H groups in total. The molecule has 0 aliphatic rings. The van der Waals surface area contributed by atoms with Crippen molar-refractivity contribution < 1.29 is 0 Å². The SMILES string of the molecule is Cn1ccc(C=Cc2cccnc2)n1. The zero-order valence-corrected chi connectivity index (χ0v) is 7.96. The molecule has 2 heterocycles. The fourth-order valence-electron chi connectivity index (χ4n) is 1.18. The van der Waals surface area contributed by atoms with E-state index < -0.39 is 0 Å². The molecule has 0 radical (unpaired) electrons. The fourth-order valence-corrected chi connectivity index (χ4v) is 1.18. The van der Waals surface area contributed by atoms with Crippen molar-refractivity contribution >= 4 is 12.2 Å². The predicted octanol–water partition coefficient (Wildman–Crippen LogP) is 1.99. The Kier molecular flexibility index (Phi) is 2.40. The lowest BCUT2D eigenvalue weighted by atomic mass is 10.2. The summed E-state index contributed by atoms with van der Waals surface area (Å²) in [6.45, 7) is 0. The van der Waals surface area contributed by atoms with Gasteiger partial charge in [0, 0.05) is 25.6 Å². The van der Waals surface area contributed by atoms with E-state index in [1.54, 1.807) is 10.9 Å². The number of aromatic nitrogens is 3. The smallest absolute Gasteiger partial charge is 0.0850 e. The van der Waals surface area contributed by atoms with Crippen LogP contribution in [0.5, 0.6) is 0 Å². The highest BCUT2D eigenvalue weighted by atomic mass is 15.2. The maximum absolute atomic E-state index is 4.24. The van der Waals surface area contributed by atoms with Crippen LogP contribution in [0.25, 0.3) is 12.2 Å². The van der Waals surface area contributed by atoms with E-state index in [4.69, 9.17) is 0 Å². The molecule has 70 valence electrons. The molecule has 0 aromatic carbocycles. The van der Waals surface area contributed by atoms with Crippen LogP contribution in [0.3, 0.4) is 0 Å². The van der Waals surface area contributed by atoms with Crippen molar-refractivity contribution in [1.82, 2.24) is 14.8 Å². The molecule has 0 unspecified atom stereocenters. The van der Waals surface area contributed by atoms with E-state index in [0.717, 1.165) is 11.3 Å². The standard InChI is InChI=1S/C11H11N3/c1-14-8-6-11(13-14)5-4-10-3-2-7-12-9-10/h2-9H,1H3. The second-order valence-electron chi connectivity index (χ2n) is 3.03. The van der Waals surface area contributed by atoms with Gasteiger partial charge in [0.1, 0.15) is 0 Å². The van der Waals surface area contributed by atoms with Crippen molar-refractivity contribution in [3.63, 3.8) is 0 Å². The number of nitrogens with zero attached hydrogens (tertiary/aromatic N) is 3. The van der Waals surface area contributed by atoms with Gasteiger partial charge >= 0.3 is 0 Å². The van der Waals surface area contributed by atoms with Crippen LogP contribution >= 0.6 is 0 Å². The Bertz CT molecular complexity index is 429. The highest BCUT2D eigenvalue weighted by molar-refractivity contribution is 5.67. The van der Waals surface area contributed by atoms with Gasteiger partial charge in [-0.25, -0.2) is 0 Å².